The summed E-state index contributed by atoms with van der Waals surface area (Å²) in [5.41, 5.74) is 0.680. The summed E-state index contributed by atoms with van der Waals surface area (Å²) in [4.78, 5) is 2.05. The van der Waals surface area contributed by atoms with Crippen LogP contribution in [-0.4, -0.2) is 25.3 Å². The molecule has 0 aliphatic carbocycles. The van der Waals surface area contributed by atoms with Gasteiger partial charge in [0.2, 0.25) is 0 Å². The van der Waals surface area contributed by atoms with Gasteiger partial charge in [0.25, 0.3) is 0 Å². The van der Waals surface area contributed by atoms with Gasteiger partial charge in [-0.05, 0) is 26.0 Å². The molecule has 0 aromatic heterocycles. The van der Waals surface area contributed by atoms with Gasteiger partial charge in [-0.1, -0.05) is 12.1 Å². The second-order valence-corrected chi connectivity index (χ2v) is 4.11. The van der Waals surface area contributed by atoms with E-state index in [0.717, 1.165) is 13.1 Å². The molecule has 82 valence electrons. The first-order valence-electron chi connectivity index (χ1n) is 5.31. The van der Waals surface area contributed by atoms with Crippen molar-refractivity contribution in [3.8, 4) is 0 Å². The van der Waals surface area contributed by atoms with Gasteiger partial charge >= 0.3 is 0 Å². The number of para-hydroxylation sites is 1. The van der Waals surface area contributed by atoms with Crippen molar-refractivity contribution in [3.63, 3.8) is 0 Å². The van der Waals surface area contributed by atoms with Gasteiger partial charge < -0.3 is 9.64 Å². The van der Waals surface area contributed by atoms with E-state index in [1.165, 1.54) is 6.07 Å². The lowest BCUT2D eigenvalue weighted by Gasteiger charge is -2.36. The molecule has 0 N–H and O–H groups in total. The van der Waals surface area contributed by atoms with E-state index in [-0.39, 0.29) is 18.0 Å². The quantitative estimate of drug-likeness (QED) is 0.704. The lowest BCUT2D eigenvalue weighted by molar-refractivity contribution is -0.00539. The molecule has 1 heterocycles. The fourth-order valence-electron chi connectivity index (χ4n) is 2.08. The van der Waals surface area contributed by atoms with Crippen molar-refractivity contribution in [2.24, 2.45) is 0 Å². The number of anilines is 1. The van der Waals surface area contributed by atoms with E-state index < -0.39 is 0 Å². The molecule has 1 aromatic carbocycles. The summed E-state index contributed by atoms with van der Waals surface area (Å²) < 4.78 is 19.2. The Kier molecular flexibility index (Phi) is 2.91. The molecule has 0 radical (unpaired) electrons. The van der Waals surface area contributed by atoms with E-state index in [2.05, 4.69) is 0 Å². The lowest BCUT2D eigenvalue weighted by Crippen LogP contribution is -2.45. The maximum atomic E-state index is 13.5. The third-order valence-electron chi connectivity index (χ3n) is 2.61. The van der Waals surface area contributed by atoms with Crippen molar-refractivity contribution in [1.29, 1.82) is 0 Å². The fraction of sp³-hybridized carbons (Fsp3) is 0.500. The molecular weight excluding hydrogens is 193 g/mol. The topological polar surface area (TPSA) is 12.5 Å². The predicted octanol–water partition coefficient (Wildman–Crippen LogP) is 2.44. The minimum Gasteiger partial charge on any atom is -0.372 e. The molecule has 15 heavy (non-hydrogen) atoms. The van der Waals surface area contributed by atoms with Gasteiger partial charge in [-0.3, -0.25) is 0 Å². The molecule has 1 fully saturated rings. The fourth-order valence-corrected chi connectivity index (χ4v) is 2.08. The summed E-state index contributed by atoms with van der Waals surface area (Å²) in [5, 5.41) is 0. The summed E-state index contributed by atoms with van der Waals surface area (Å²) in [7, 11) is 0. The number of hydrogen-bond acceptors (Lipinski definition) is 2. The van der Waals surface area contributed by atoms with Crippen LogP contribution in [-0.2, 0) is 4.74 Å². The molecule has 2 nitrogen and oxygen atoms in total. The van der Waals surface area contributed by atoms with Crippen LogP contribution in [0.25, 0.3) is 0 Å². The van der Waals surface area contributed by atoms with Gasteiger partial charge in [0, 0.05) is 13.1 Å². The Morgan fingerprint density at radius 1 is 1.20 bits per heavy atom. The van der Waals surface area contributed by atoms with Gasteiger partial charge in [0.1, 0.15) is 5.82 Å². The van der Waals surface area contributed by atoms with Crippen molar-refractivity contribution < 1.29 is 9.13 Å². The lowest BCUT2D eigenvalue weighted by atomic mass is 10.2. The average Bonchev–Trinajstić information content (AvgIpc) is 2.16. The third kappa shape index (κ3) is 2.29. The number of rotatable bonds is 1. The van der Waals surface area contributed by atoms with Gasteiger partial charge in [-0.15, -0.1) is 0 Å². The number of ether oxygens (including phenoxy) is 1. The number of hydrogen-bond donors (Lipinski definition) is 0. The van der Waals surface area contributed by atoms with Crippen LogP contribution in [0.4, 0.5) is 10.1 Å². The maximum Gasteiger partial charge on any atom is 0.146 e. The monoisotopic (exact) mass is 209 g/mol. The van der Waals surface area contributed by atoms with Crippen LogP contribution < -0.4 is 4.90 Å². The van der Waals surface area contributed by atoms with E-state index in [0.29, 0.717) is 5.69 Å². The highest BCUT2D eigenvalue weighted by atomic mass is 19.1. The molecule has 0 saturated carbocycles. The molecule has 1 saturated heterocycles. The Morgan fingerprint density at radius 2 is 1.80 bits per heavy atom. The molecule has 2 rings (SSSR count). The van der Waals surface area contributed by atoms with Crippen molar-refractivity contribution in [1.82, 2.24) is 0 Å². The average molecular weight is 209 g/mol. The smallest absolute Gasteiger partial charge is 0.146 e. The Labute approximate surface area is 89.7 Å². The maximum absolute atomic E-state index is 13.5. The number of morpholine rings is 1. The third-order valence-corrected chi connectivity index (χ3v) is 2.61. The molecule has 2 unspecified atom stereocenters. The zero-order chi connectivity index (χ0) is 10.8. The first kappa shape index (κ1) is 10.4. The van der Waals surface area contributed by atoms with Gasteiger partial charge in [-0.25, -0.2) is 4.39 Å². The standard InChI is InChI=1S/C12H16FNO/c1-9-7-14(8-10(2)15-9)12-6-4-3-5-11(12)13/h3-6,9-10H,7-8H2,1-2H3. The molecule has 0 amide bonds. The van der Waals surface area contributed by atoms with Crippen molar-refractivity contribution in [3.05, 3.63) is 30.1 Å². The van der Waals surface area contributed by atoms with E-state index >= 15 is 0 Å². The summed E-state index contributed by atoms with van der Waals surface area (Å²) in [6.45, 7) is 5.55. The van der Waals surface area contributed by atoms with E-state index in [1.54, 1.807) is 6.07 Å². The number of benzene rings is 1. The number of nitrogens with zero attached hydrogens (tertiary/aromatic N) is 1. The van der Waals surface area contributed by atoms with Gasteiger partial charge in [-0.2, -0.15) is 0 Å². The first-order chi connectivity index (χ1) is 7.16. The minimum atomic E-state index is -0.154. The Hall–Kier alpha value is -1.09. The van der Waals surface area contributed by atoms with Gasteiger partial charge in [0.05, 0.1) is 17.9 Å². The molecule has 1 aromatic rings. The second kappa shape index (κ2) is 4.19. The zero-order valence-corrected chi connectivity index (χ0v) is 9.11. The molecule has 1 aliphatic rings. The molecule has 0 bridgehead atoms. The predicted molar refractivity (Wildman–Crippen MR) is 58.6 cm³/mol. The zero-order valence-electron chi connectivity index (χ0n) is 9.11. The van der Waals surface area contributed by atoms with Crippen molar-refractivity contribution >= 4 is 5.69 Å². The molecular formula is C12H16FNO. The van der Waals surface area contributed by atoms with Gasteiger partial charge in [0.15, 0.2) is 0 Å². The normalized spacial score (nSPS) is 26.7. The van der Waals surface area contributed by atoms with Crippen molar-refractivity contribution in [2.75, 3.05) is 18.0 Å². The minimum absolute atomic E-state index is 0.154. The van der Waals surface area contributed by atoms with E-state index in [1.807, 2.05) is 30.9 Å². The van der Waals surface area contributed by atoms with Crippen LogP contribution in [0.2, 0.25) is 0 Å². The SMILES string of the molecule is CC1CN(c2ccccc2F)CC(C)O1. The van der Waals surface area contributed by atoms with Crippen LogP contribution in [0, 0.1) is 5.82 Å². The molecule has 0 spiro atoms. The van der Waals surface area contributed by atoms with Crippen LogP contribution in [0.1, 0.15) is 13.8 Å². The van der Waals surface area contributed by atoms with Crippen molar-refractivity contribution in [2.45, 2.75) is 26.1 Å². The highest BCUT2D eigenvalue weighted by molar-refractivity contribution is 5.48. The van der Waals surface area contributed by atoms with Crippen LogP contribution in [0.3, 0.4) is 0 Å². The molecule has 1 aliphatic heterocycles. The van der Waals surface area contributed by atoms with E-state index in [9.17, 15) is 4.39 Å². The highest BCUT2D eigenvalue weighted by Crippen LogP contribution is 2.22. The summed E-state index contributed by atoms with van der Waals surface area (Å²) in [6.07, 6.45) is 0.321. The first-order valence-corrected chi connectivity index (χ1v) is 5.31. The Balaban J connectivity index is 2.20. The van der Waals surface area contributed by atoms with Crippen LogP contribution in [0.5, 0.6) is 0 Å². The molecule has 3 heteroatoms. The largest absolute Gasteiger partial charge is 0.372 e. The summed E-state index contributed by atoms with van der Waals surface area (Å²) >= 11 is 0. The second-order valence-electron chi connectivity index (χ2n) is 4.11. The highest BCUT2D eigenvalue weighted by Gasteiger charge is 2.23. The summed E-state index contributed by atoms with van der Waals surface area (Å²) in [6, 6.07) is 6.90. The molecule has 2 atom stereocenters. The Bertz CT molecular complexity index is 332. The van der Waals surface area contributed by atoms with Crippen LogP contribution >= 0.6 is 0 Å². The number of halogens is 1. The summed E-state index contributed by atoms with van der Waals surface area (Å²) in [5.74, 6) is -0.154. The van der Waals surface area contributed by atoms with Crippen LogP contribution in [0.15, 0.2) is 24.3 Å². The Morgan fingerprint density at radius 3 is 2.40 bits per heavy atom. The van der Waals surface area contributed by atoms with E-state index in [4.69, 9.17) is 4.74 Å².